The van der Waals surface area contributed by atoms with E-state index < -0.39 is 10.0 Å². The largest absolute Gasteiger partial charge is 0.349 e. The first-order valence-electron chi connectivity index (χ1n) is 6.84. The summed E-state index contributed by atoms with van der Waals surface area (Å²) in [4.78, 5) is 0.365. The minimum Gasteiger partial charge on any atom is -0.349 e. The van der Waals surface area contributed by atoms with Crippen LogP contribution in [-0.2, 0) is 23.1 Å². The molecule has 108 valence electrons. The van der Waals surface area contributed by atoms with Crippen LogP contribution >= 0.6 is 0 Å². The van der Waals surface area contributed by atoms with Gasteiger partial charge in [-0.2, -0.15) is 0 Å². The molecule has 1 heterocycles. The second-order valence-electron chi connectivity index (χ2n) is 5.29. The highest BCUT2D eigenvalue weighted by Gasteiger charge is 2.30. The van der Waals surface area contributed by atoms with Gasteiger partial charge in [-0.25, -0.2) is 12.7 Å². The molecule has 0 spiro atoms. The van der Waals surface area contributed by atoms with Crippen molar-refractivity contribution in [3.8, 4) is 0 Å². The van der Waals surface area contributed by atoms with Crippen molar-refractivity contribution in [1.82, 2.24) is 8.87 Å². The molecule has 1 aromatic rings. The molecule has 0 bridgehead atoms. The van der Waals surface area contributed by atoms with E-state index in [1.54, 1.807) is 19.3 Å². The third-order valence-corrected chi connectivity index (χ3v) is 5.34. The van der Waals surface area contributed by atoms with Crippen LogP contribution in [0.25, 0.3) is 0 Å². The van der Waals surface area contributed by atoms with E-state index in [0.29, 0.717) is 23.9 Å². The van der Waals surface area contributed by atoms with Gasteiger partial charge in [0.2, 0.25) is 10.0 Å². The van der Waals surface area contributed by atoms with E-state index in [4.69, 9.17) is 5.73 Å². The van der Waals surface area contributed by atoms with Crippen molar-refractivity contribution >= 4 is 10.0 Å². The molecule has 1 aliphatic rings. The molecular weight excluding hydrogens is 262 g/mol. The first-order chi connectivity index (χ1) is 8.98. The second-order valence-corrected chi connectivity index (χ2v) is 7.34. The van der Waals surface area contributed by atoms with Gasteiger partial charge in [-0.15, -0.1) is 0 Å². The number of hydrogen-bond acceptors (Lipinski definition) is 3. The molecular formula is C13H23N3O2S. The van der Waals surface area contributed by atoms with Crippen molar-refractivity contribution in [2.24, 2.45) is 11.7 Å². The topological polar surface area (TPSA) is 68.3 Å². The van der Waals surface area contributed by atoms with Crippen molar-refractivity contribution < 1.29 is 8.42 Å². The number of aryl methyl sites for hydroxylation is 1. The first-order valence-corrected chi connectivity index (χ1v) is 8.28. The fourth-order valence-corrected chi connectivity index (χ4v) is 3.54. The van der Waals surface area contributed by atoms with Crippen molar-refractivity contribution in [1.29, 1.82) is 0 Å². The number of nitrogens with two attached hydrogens (primary N) is 1. The van der Waals surface area contributed by atoms with Gasteiger partial charge in [0.15, 0.2) is 0 Å². The Morgan fingerprint density at radius 1 is 1.47 bits per heavy atom. The molecule has 1 fully saturated rings. The van der Waals surface area contributed by atoms with E-state index >= 15 is 0 Å². The van der Waals surface area contributed by atoms with Crippen LogP contribution in [0.1, 0.15) is 31.9 Å². The summed E-state index contributed by atoms with van der Waals surface area (Å²) in [6.45, 7) is 3.85. The molecule has 0 aliphatic heterocycles. The average Bonchev–Trinajstić information content (AvgIpc) is 3.07. The SMILES string of the molecule is CCCn1cc(S(=O)(=O)N(C)CC2CC2)cc1CN. The van der Waals surface area contributed by atoms with Crippen molar-refractivity contribution in [2.45, 2.75) is 44.2 Å². The third kappa shape index (κ3) is 3.19. The number of aromatic nitrogens is 1. The minimum atomic E-state index is -3.37. The maximum Gasteiger partial charge on any atom is 0.244 e. The second kappa shape index (κ2) is 5.64. The zero-order valence-corrected chi connectivity index (χ0v) is 12.5. The summed E-state index contributed by atoms with van der Waals surface area (Å²) < 4.78 is 28.3. The van der Waals surface area contributed by atoms with Gasteiger partial charge >= 0.3 is 0 Å². The molecule has 5 nitrogen and oxygen atoms in total. The Balaban J connectivity index is 2.23. The van der Waals surface area contributed by atoms with Crippen molar-refractivity contribution in [2.75, 3.05) is 13.6 Å². The van der Waals surface area contributed by atoms with Crippen LogP contribution in [0.3, 0.4) is 0 Å². The lowest BCUT2D eigenvalue weighted by molar-refractivity contribution is 0.452. The van der Waals surface area contributed by atoms with Gasteiger partial charge in [-0.05, 0) is 31.2 Å². The fourth-order valence-electron chi connectivity index (χ4n) is 2.23. The summed E-state index contributed by atoms with van der Waals surface area (Å²) in [6, 6.07) is 1.70. The molecule has 1 aliphatic carbocycles. The van der Waals surface area contributed by atoms with Gasteiger partial charge in [-0.1, -0.05) is 6.92 Å². The molecule has 0 atom stereocenters. The lowest BCUT2D eigenvalue weighted by Crippen LogP contribution is -2.28. The molecule has 0 radical (unpaired) electrons. The van der Waals surface area contributed by atoms with Gasteiger partial charge in [-0.3, -0.25) is 0 Å². The quantitative estimate of drug-likeness (QED) is 0.823. The van der Waals surface area contributed by atoms with E-state index in [1.807, 2.05) is 4.57 Å². The molecule has 2 N–H and O–H groups in total. The third-order valence-electron chi connectivity index (χ3n) is 3.55. The number of hydrogen-bond donors (Lipinski definition) is 1. The van der Waals surface area contributed by atoms with E-state index in [-0.39, 0.29) is 0 Å². The number of nitrogens with zero attached hydrogens (tertiary/aromatic N) is 2. The number of sulfonamides is 1. The highest BCUT2D eigenvalue weighted by atomic mass is 32.2. The molecule has 0 unspecified atom stereocenters. The first kappa shape index (κ1) is 14.6. The molecule has 0 aromatic carbocycles. The van der Waals surface area contributed by atoms with Crippen LogP contribution < -0.4 is 5.73 Å². The zero-order chi connectivity index (χ0) is 14.0. The highest BCUT2D eigenvalue weighted by molar-refractivity contribution is 7.89. The average molecular weight is 285 g/mol. The van der Waals surface area contributed by atoms with E-state index in [1.165, 1.54) is 4.31 Å². The van der Waals surface area contributed by atoms with Crippen LogP contribution in [0.2, 0.25) is 0 Å². The van der Waals surface area contributed by atoms with Gasteiger partial charge in [0.05, 0.1) is 0 Å². The molecule has 6 heteroatoms. The van der Waals surface area contributed by atoms with Crippen LogP contribution in [0.15, 0.2) is 17.2 Å². The molecule has 19 heavy (non-hydrogen) atoms. The summed E-state index contributed by atoms with van der Waals surface area (Å²) >= 11 is 0. The molecule has 0 amide bonds. The van der Waals surface area contributed by atoms with Crippen LogP contribution in [0.5, 0.6) is 0 Å². The Morgan fingerprint density at radius 3 is 2.68 bits per heavy atom. The smallest absolute Gasteiger partial charge is 0.244 e. The molecule has 2 rings (SSSR count). The standard InChI is InChI=1S/C13H23N3O2S/c1-3-6-16-10-13(7-12(16)8-14)19(17,18)15(2)9-11-4-5-11/h7,10-11H,3-6,8-9,14H2,1-2H3. The maximum atomic E-state index is 12.5. The Morgan fingerprint density at radius 2 is 2.16 bits per heavy atom. The fraction of sp³-hybridized carbons (Fsp3) is 0.692. The van der Waals surface area contributed by atoms with Gasteiger partial charge in [0.1, 0.15) is 4.90 Å². The van der Waals surface area contributed by atoms with Crippen LogP contribution in [-0.4, -0.2) is 30.9 Å². The summed E-state index contributed by atoms with van der Waals surface area (Å²) in [5.41, 5.74) is 6.55. The van der Waals surface area contributed by atoms with Crippen LogP contribution in [0.4, 0.5) is 0 Å². The number of rotatable bonds is 7. The van der Waals surface area contributed by atoms with Gasteiger partial charge < -0.3 is 10.3 Å². The molecule has 1 aromatic heterocycles. The summed E-state index contributed by atoms with van der Waals surface area (Å²) in [5, 5.41) is 0. The van der Waals surface area contributed by atoms with E-state index in [2.05, 4.69) is 6.92 Å². The maximum absolute atomic E-state index is 12.5. The highest BCUT2D eigenvalue weighted by Crippen LogP contribution is 2.31. The van der Waals surface area contributed by atoms with Gasteiger partial charge in [0.25, 0.3) is 0 Å². The lowest BCUT2D eigenvalue weighted by Gasteiger charge is -2.15. The Labute approximate surface area is 115 Å². The van der Waals surface area contributed by atoms with Crippen molar-refractivity contribution in [3.05, 3.63) is 18.0 Å². The van der Waals surface area contributed by atoms with E-state index in [9.17, 15) is 8.42 Å². The summed E-state index contributed by atoms with van der Waals surface area (Å²) in [5.74, 6) is 0.548. The van der Waals surface area contributed by atoms with E-state index in [0.717, 1.165) is 31.5 Å². The van der Waals surface area contributed by atoms with Crippen molar-refractivity contribution in [3.63, 3.8) is 0 Å². The predicted molar refractivity (Wildman–Crippen MR) is 75.2 cm³/mol. The predicted octanol–water partition coefficient (Wildman–Crippen LogP) is 1.39. The van der Waals surface area contributed by atoms with Gasteiger partial charge in [0, 0.05) is 38.6 Å². The lowest BCUT2D eigenvalue weighted by atomic mass is 10.4. The molecule has 0 saturated heterocycles. The Hall–Kier alpha value is -0.850. The minimum absolute atomic E-state index is 0.363. The molecule has 1 saturated carbocycles. The summed E-state index contributed by atoms with van der Waals surface area (Å²) in [7, 11) is -1.71. The zero-order valence-electron chi connectivity index (χ0n) is 11.7. The monoisotopic (exact) mass is 285 g/mol. The normalized spacial score (nSPS) is 16.2. The Kier molecular flexibility index (Phi) is 4.32. The Bertz CT molecular complexity index is 532. The summed E-state index contributed by atoms with van der Waals surface area (Å²) in [6.07, 6.45) is 4.96. The van der Waals surface area contributed by atoms with Crippen LogP contribution in [0, 0.1) is 5.92 Å².